The Morgan fingerprint density at radius 1 is 1.07 bits per heavy atom. The minimum atomic E-state index is 0.525. The normalized spacial score (nSPS) is 14.8. The Morgan fingerprint density at radius 3 is 2.64 bits per heavy atom. The van der Waals surface area contributed by atoms with Gasteiger partial charge in [-0.25, -0.2) is 9.97 Å². The summed E-state index contributed by atoms with van der Waals surface area (Å²) in [6.45, 7) is 5.14. The number of ether oxygens (including phenoxy) is 2. The molecule has 3 aromatic rings. The molecule has 0 unspecified atom stereocenters. The number of morpholine rings is 1. The van der Waals surface area contributed by atoms with Crippen molar-refractivity contribution in [2.75, 3.05) is 57.1 Å². The van der Waals surface area contributed by atoms with E-state index in [-0.39, 0.29) is 0 Å². The van der Waals surface area contributed by atoms with Crippen molar-refractivity contribution in [3.8, 4) is 5.75 Å². The lowest BCUT2D eigenvalue weighted by Gasteiger charge is -2.26. The summed E-state index contributed by atoms with van der Waals surface area (Å²) < 4.78 is 10.6. The molecule has 0 bridgehead atoms. The monoisotopic (exact) mass is 381 g/mol. The average molecular weight is 381 g/mol. The average Bonchev–Trinajstić information content (AvgIpc) is 2.75. The maximum absolute atomic E-state index is 5.38. The van der Waals surface area contributed by atoms with E-state index in [4.69, 9.17) is 9.47 Å². The molecular weight excluding hydrogens is 358 g/mol. The van der Waals surface area contributed by atoms with Gasteiger partial charge in [0.25, 0.3) is 0 Å². The number of aromatic nitrogens is 4. The summed E-state index contributed by atoms with van der Waals surface area (Å²) in [5.74, 6) is 1.93. The maximum atomic E-state index is 5.38. The van der Waals surface area contributed by atoms with Gasteiger partial charge in [0, 0.05) is 44.3 Å². The number of hydrogen-bond acceptors (Lipinski definition) is 9. The van der Waals surface area contributed by atoms with Crippen molar-refractivity contribution in [2.45, 2.75) is 0 Å². The molecule has 1 aliphatic heterocycles. The second-order valence-electron chi connectivity index (χ2n) is 6.36. The molecule has 1 aliphatic rings. The molecule has 3 heterocycles. The highest BCUT2D eigenvalue weighted by molar-refractivity contribution is 5.85. The lowest BCUT2D eigenvalue weighted by atomic mass is 10.3. The van der Waals surface area contributed by atoms with Gasteiger partial charge in [0.05, 0.1) is 20.3 Å². The van der Waals surface area contributed by atoms with E-state index in [1.54, 1.807) is 19.5 Å². The van der Waals surface area contributed by atoms with Gasteiger partial charge in [-0.15, -0.1) is 0 Å². The lowest BCUT2D eigenvalue weighted by molar-refractivity contribution is 0.0398. The SMILES string of the molecule is COc1ccc(Nc2nc(NCCN3CCOCC3)nc3nccnc23)cc1. The second-order valence-corrected chi connectivity index (χ2v) is 6.36. The Hall–Kier alpha value is -3.04. The first-order valence-electron chi connectivity index (χ1n) is 9.25. The third-order valence-corrected chi connectivity index (χ3v) is 4.50. The van der Waals surface area contributed by atoms with Crippen LogP contribution in [0, 0.1) is 0 Å². The summed E-state index contributed by atoms with van der Waals surface area (Å²) in [5.41, 5.74) is 2.05. The topological polar surface area (TPSA) is 97.3 Å². The Kier molecular flexibility index (Phi) is 5.74. The van der Waals surface area contributed by atoms with Crippen LogP contribution in [-0.2, 0) is 4.74 Å². The molecule has 0 spiro atoms. The van der Waals surface area contributed by atoms with E-state index in [2.05, 4.69) is 35.5 Å². The van der Waals surface area contributed by atoms with Gasteiger partial charge in [-0.1, -0.05) is 0 Å². The van der Waals surface area contributed by atoms with Crippen LogP contribution < -0.4 is 15.4 Å². The van der Waals surface area contributed by atoms with E-state index in [0.29, 0.717) is 22.9 Å². The number of benzene rings is 1. The van der Waals surface area contributed by atoms with Crippen LogP contribution in [0.3, 0.4) is 0 Å². The Bertz CT molecular complexity index is 914. The summed E-state index contributed by atoms with van der Waals surface area (Å²) in [4.78, 5) is 20.2. The van der Waals surface area contributed by atoms with Crippen LogP contribution in [0.25, 0.3) is 11.2 Å². The zero-order valence-electron chi connectivity index (χ0n) is 15.8. The largest absolute Gasteiger partial charge is 0.497 e. The minimum absolute atomic E-state index is 0.525. The maximum Gasteiger partial charge on any atom is 0.226 e. The number of methoxy groups -OCH3 is 1. The quantitative estimate of drug-likeness (QED) is 0.636. The highest BCUT2D eigenvalue weighted by atomic mass is 16.5. The summed E-state index contributed by atoms with van der Waals surface area (Å²) in [5, 5.41) is 6.60. The molecule has 0 amide bonds. The molecule has 0 aliphatic carbocycles. The van der Waals surface area contributed by atoms with Crippen molar-refractivity contribution in [3.63, 3.8) is 0 Å². The van der Waals surface area contributed by atoms with Gasteiger partial charge < -0.3 is 20.1 Å². The molecule has 9 heteroatoms. The van der Waals surface area contributed by atoms with Crippen LogP contribution in [0.1, 0.15) is 0 Å². The van der Waals surface area contributed by atoms with E-state index in [9.17, 15) is 0 Å². The smallest absolute Gasteiger partial charge is 0.226 e. The number of nitrogens with zero attached hydrogens (tertiary/aromatic N) is 5. The fourth-order valence-electron chi connectivity index (χ4n) is 2.99. The molecule has 0 atom stereocenters. The lowest BCUT2D eigenvalue weighted by Crippen LogP contribution is -2.39. The molecule has 1 aromatic carbocycles. The zero-order valence-corrected chi connectivity index (χ0v) is 15.8. The first-order chi connectivity index (χ1) is 13.8. The van der Waals surface area contributed by atoms with Gasteiger partial charge in [-0.05, 0) is 24.3 Å². The van der Waals surface area contributed by atoms with Crippen LogP contribution in [0.2, 0.25) is 0 Å². The fourth-order valence-corrected chi connectivity index (χ4v) is 2.99. The first-order valence-corrected chi connectivity index (χ1v) is 9.25. The molecule has 4 rings (SSSR count). The van der Waals surface area contributed by atoms with Crippen molar-refractivity contribution in [1.82, 2.24) is 24.8 Å². The number of fused-ring (bicyclic) bond motifs is 1. The van der Waals surface area contributed by atoms with Crippen molar-refractivity contribution in [3.05, 3.63) is 36.7 Å². The molecule has 2 N–H and O–H groups in total. The molecule has 0 radical (unpaired) electrons. The molecule has 1 saturated heterocycles. The van der Waals surface area contributed by atoms with Crippen LogP contribution in [0.5, 0.6) is 5.75 Å². The van der Waals surface area contributed by atoms with Gasteiger partial charge in [0.2, 0.25) is 5.95 Å². The van der Waals surface area contributed by atoms with Crippen LogP contribution in [0.4, 0.5) is 17.5 Å². The van der Waals surface area contributed by atoms with Crippen LogP contribution in [0.15, 0.2) is 36.7 Å². The van der Waals surface area contributed by atoms with Gasteiger partial charge >= 0.3 is 0 Å². The van der Waals surface area contributed by atoms with Gasteiger partial charge in [-0.3, -0.25) is 4.90 Å². The minimum Gasteiger partial charge on any atom is -0.497 e. The molecule has 1 fully saturated rings. The fraction of sp³-hybridized carbons (Fsp3) is 0.368. The Balaban J connectivity index is 1.50. The van der Waals surface area contributed by atoms with Crippen LogP contribution >= 0.6 is 0 Å². The molecule has 146 valence electrons. The van der Waals surface area contributed by atoms with Crippen molar-refractivity contribution in [2.24, 2.45) is 0 Å². The Labute approximate surface area is 163 Å². The number of anilines is 3. The number of hydrogen-bond donors (Lipinski definition) is 2. The summed E-state index contributed by atoms with van der Waals surface area (Å²) in [7, 11) is 1.64. The van der Waals surface area contributed by atoms with E-state index in [1.165, 1.54) is 0 Å². The van der Waals surface area contributed by atoms with E-state index >= 15 is 0 Å². The zero-order chi connectivity index (χ0) is 19.2. The summed E-state index contributed by atoms with van der Waals surface area (Å²) >= 11 is 0. The molecule has 9 nitrogen and oxygen atoms in total. The first kappa shape index (κ1) is 18.3. The molecular formula is C19H23N7O2. The van der Waals surface area contributed by atoms with Gasteiger partial charge in [0.15, 0.2) is 17.0 Å². The number of rotatable bonds is 7. The van der Waals surface area contributed by atoms with Crippen molar-refractivity contribution in [1.29, 1.82) is 0 Å². The molecule has 0 saturated carbocycles. The highest BCUT2D eigenvalue weighted by Gasteiger charge is 2.12. The predicted octanol–water partition coefficient (Wildman–Crippen LogP) is 1.92. The standard InChI is InChI=1S/C19H23N7O2/c1-27-15-4-2-14(3-5-15)23-18-16-17(21-7-6-20-16)24-19(25-18)22-8-9-26-10-12-28-13-11-26/h2-7H,8-13H2,1H3,(H2,21,22,23,24,25). The molecule has 2 aromatic heterocycles. The van der Waals surface area contributed by atoms with E-state index in [1.807, 2.05) is 24.3 Å². The highest BCUT2D eigenvalue weighted by Crippen LogP contribution is 2.23. The predicted molar refractivity (Wildman–Crippen MR) is 107 cm³/mol. The van der Waals surface area contributed by atoms with Crippen LogP contribution in [-0.4, -0.2) is 71.3 Å². The summed E-state index contributed by atoms with van der Waals surface area (Å²) in [6, 6.07) is 7.63. The third-order valence-electron chi connectivity index (χ3n) is 4.50. The Morgan fingerprint density at radius 2 is 1.86 bits per heavy atom. The van der Waals surface area contributed by atoms with Gasteiger partial charge in [-0.2, -0.15) is 9.97 Å². The van der Waals surface area contributed by atoms with E-state index in [0.717, 1.165) is 50.8 Å². The van der Waals surface area contributed by atoms with Crippen molar-refractivity contribution >= 4 is 28.6 Å². The molecule has 28 heavy (non-hydrogen) atoms. The summed E-state index contributed by atoms with van der Waals surface area (Å²) in [6.07, 6.45) is 3.26. The van der Waals surface area contributed by atoms with Gasteiger partial charge in [0.1, 0.15) is 5.75 Å². The number of nitrogens with one attached hydrogen (secondary N) is 2. The van der Waals surface area contributed by atoms with E-state index < -0.39 is 0 Å². The second kappa shape index (κ2) is 8.77. The third kappa shape index (κ3) is 4.44. The van der Waals surface area contributed by atoms with Crippen molar-refractivity contribution < 1.29 is 9.47 Å².